The van der Waals surface area contributed by atoms with Gasteiger partial charge in [-0.1, -0.05) is 40.5 Å². The Kier molecular flexibility index (Phi) is 6.19. The Hall–Kier alpha value is -0.970. The minimum atomic E-state index is -0.381. The highest BCUT2D eigenvalue weighted by atomic mass is 16.3. The number of aryl methyl sites for hydroxylation is 1. The molecule has 4 fully saturated rings. The van der Waals surface area contributed by atoms with Gasteiger partial charge < -0.3 is 5.11 Å². The second-order valence-electron chi connectivity index (χ2n) is 13.3. The van der Waals surface area contributed by atoms with E-state index in [0.717, 1.165) is 67.6 Å². The van der Waals surface area contributed by atoms with Crippen LogP contribution in [0.1, 0.15) is 111 Å². The minimum absolute atomic E-state index is 0.381. The van der Waals surface area contributed by atoms with Crippen molar-refractivity contribution in [2.24, 2.45) is 46.3 Å². The summed E-state index contributed by atoms with van der Waals surface area (Å²) in [5.74, 6) is 5.49. The fourth-order valence-corrected chi connectivity index (χ4v) is 9.97. The maximum atomic E-state index is 11.3. The van der Waals surface area contributed by atoms with Crippen LogP contribution in [0.15, 0.2) is 0 Å². The summed E-state index contributed by atoms with van der Waals surface area (Å²) < 4.78 is 0. The number of aliphatic hydroxyl groups is 1. The largest absolute Gasteiger partial charge is 0.390 e. The molecule has 0 saturated heterocycles. The highest BCUT2D eigenvalue weighted by Gasteiger charge is 2.60. The molecule has 4 saturated carbocycles. The Morgan fingerprint density at radius 1 is 1.03 bits per heavy atom. The highest BCUT2D eigenvalue weighted by Crippen LogP contribution is 2.67. The highest BCUT2D eigenvalue weighted by molar-refractivity contribution is 5.10. The van der Waals surface area contributed by atoms with Gasteiger partial charge in [0.15, 0.2) is 5.82 Å². The molecule has 4 aliphatic carbocycles. The van der Waals surface area contributed by atoms with Gasteiger partial charge in [-0.2, -0.15) is 4.80 Å². The smallest absolute Gasteiger partial charge is 0.171 e. The molecule has 0 aromatic carbocycles. The predicted molar refractivity (Wildman–Crippen MR) is 131 cm³/mol. The molecule has 0 radical (unpaired) electrons. The number of aromatic nitrogens is 4. The summed E-state index contributed by atoms with van der Waals surface area (Å²) in [5, 5.41) is 24.1. The van der Waals surface area contributed by atoms with Crippen LogP contribution >= 0.6 is 0 Å². The van der Waals surface area contributed by atoms with Crippen LogP contribution in [0.2, 0.25) is 0 Å². The number of hydrogen-bond acceptors (Lipinski definition) is 4. The molecule has 186 valence electrons. The topological polar surface area (TPSA) is 63.8 Å². The van der Waals surface area contributed by atoms with Crippen LogP contribution in [-0.4, -0.2) is 30.9 Å². The predicted octanol–water partition coefficient (Wildman–Crippen LogP) is 6.20. The Morgan fingerprint density at radius 2 is 1.82 bits per heavy atom. The Morgan fingerprint density at radius 3 is 2.55 bits per heavy atom. The number of fused-ring (bicyclic) bond motifs is 5. The van der Waals surface area contributed by atoms with Crippen molar-refractivity contribution in [1.29, 1.82) is 0 Å². The maximum Gasteiger partial charge on any atom is 0.171 e. The molecule has 9 atom stereocenters. The van der Waals surface area contributed by atoms with E-state index in [1.165, 1.54) is 51.4 Å². The molecule has 1 aromatic rings. The Balaban J connectivity index is 1.34. The van der Waals surface area contributed by atoms with Crippen LogP contribution in [0.25, 0.3) is 0 Å². The van der Waals surface area contributed by atoms with Gasteiger partial charge in [0.25, 0.3) is 0 Å². The van der Waals surface area contributed by atoms with E-state index in [1.54, 1.807) is 0 Å². The van der Waals surface area contributed by atoms with Crippen LogP contribution in [0.4, 0.5) is 0 Å². The van der Waals surface area contributed by atoms with Crippen molar-refractivity contribution in [3.8, 4) is 0 Å². The number of hydrogen-bond donors (Lipinski definition) is 1. The van der Waals surface area contributed by atoms with Crippen molar-refractivity contribution in [2.45, 2.75) is 124 Å². The number of nitrogens with zero attached hydrogens (tertiary/aromatic N) is 4. The molecule has 5 nitrogen and oxygen atoms in total. The van der Waals surface area contributed by atoms with E-state index in [4.69, 9.17) is 0 Å². The first-order valence-electron chi connectivity index (χ1n) is 14.2. The molecule has 0 unspecified atom stereocenters. The SMILES string of the molecule is CCC[C@@]1(O)CC[C@@]2(C)[C@@H](CC[C@@H]3[C@@H]2CC[C@]2(C)[C@@H]([C@@H](C)Cn4nnc(C)n4)CCC[C@@H]32)C1. The van der Waals surface area contributed by atoms with Gasteiger partial charge in [0.05, 0.1) is 12.1 Å². The van der Waals surface area contributed by atoms with Crippen LogP contribution in [0.5, 0.6) is 0 Å². The lowest BCUT2D eigenvalue weighted by atomic mass is 9.40. The summed E-state index contributed by atoms with van der Waals surface area (Å²) in [4.78, 5) is 1.84. The van der Waals surface area contributed by atoms with Gasteiger partial charge in [-0.25, -0.2) is 0 Å². The van der Waals surface area contributed by atoms with E-state index in [9.17, 15) is 5.11 Å². The average molecular weight is 457 g/mol. The summed E-state index contributed by atoms with van der Waals surface area (Å²) in [6.07, 6.45) is 15.2. The standard InChI is InChI=1S/C28H48N4O/c1-6-13-28(33)16-15-26(4)21(17-28)10-11-22-24-9-7-8-23(27(24,5)14-12-25(22)26)19(2)18-32-30-20(3)29-31-32/h19,21-25,33H,6-18H2,1-5H3/t19-,21-,22-,23+,24-,25-,26-,27+,28+/m0/s1. The van der Waals surface area contributed by atoms with Crippen molar-refractivity contribution in [3.05, 3.63) is 5.82 Å². The van der Waals surface area contributed by atoms with Crippen LogP contribution < -0.4 is 0 Å². The molecule has 0 amide bonds. The van der Waals surface area contributed by atoms with Gasteiger partial charge in [-0.3, -0.25) is 0 Å². The van der Waals surface area contributed by atoms with E-state index < -0.39 is 0 Å². The third kappa shape index (κ3) is 3.98. The lowest BCUT2D eigenvalue weighted by molar-refractivity contribution is -0.173. The molecular weight excluding hydrogens is 408 g/mol. The van der Waals surface area contributed by atoms with E-state index in [1.807, 2.05) is 11.7 Å². The monoisotopic (exact) mass is 456 g/mol. The molecule has 0 spiro atoms. The summed E-state index contributed by atoms with van der Waals surface area (Å²) in [5.41, 5.74) is 0.522. The summed E-state index contributed by atoms with van der Waals surface area (Å²) >= 11 is 0. The number of tetrazole rings is 1. The Bertz CT molecular complexity index is 840. The van der Waals surface area contributed by atoms with Gasteiger partial charge in [0, 0.05) is 0 Å². The lowest BCUT2D eigenvalue weighted by Crippen LogP contribution is -2.58. The van der Waals surface area contributed by atoms with Crippen LogP contribution in [-0.2, 0) is 6.54 Å². The molecule has 0 bridgehead atoms. The van der Waals surface area contributed by atoms with Gasteiger partial charge in [-0.15, -0.1) is 10.2 Å². The molecular formula is C28H48N4O. The average Bonchev–Trinajstić information content (AvgIpc) is 3.18. The fraction of sp³-hybridized carbons (Fsp3) is 0.964. The normalized spacial score (nSPS) is 46.2. The van der Waals surface area contributed by atoms with Crippen molar-refractivity contribution in [1.82, 2.24) is 20.2 Å². The van der Waals surface area contributed by atoms with Crippen molar-refractivity contribution in [3.63, 3.8) is 0 Å². The van der Waals surface area contributed by atoms with Crippen molar-refractivity contribution < 1.29 is 5.11 Å². The third-order valence-electron chi connectivity index (χ3n) is 11.5. The molecule has 0 aliphatic heterocycles. The molecule has 1 heterocycles. The van der Waals surface area contributed by atoms with E-state index in [2.05, 4.69) is 43.1 Å². The lowest BCUT2D eigenvalue weighted by Gasteiger charge is -2.65. The first-order valence-corrected chi connectivity index (χ1v) is 14.2. The zero-order chi connectivity index (χ0) is 23.4. The van der Waals surface area contributed by atoms with E-state index in [0.29, 0.717) is 16.7 Å². The molecule has 4 aliphatic rings. The van der Waals surface area contributed by atoms with Crippen molar-refractivity contribution in [2.75, 3.05) is 0 Å². The Labute approximate surface area is 201 Å². The van der Waals surface area contributed by atoms with E-state index >= 15 is 0 Å². The molecule has 1 aromatic heterocycles. The number of rotatable bonds is 5. The quantitative estimate of drug-likeness (QED) is 0.573. The van der Waals surface area contributed by atoms with Gasteiger partial charge in [0.2, 0.25) is 0 Å². The molecule has 33 heavy (non-hydrogen) atoms. The summed E-state index contributed by atoms with van der Waals surface area (Å²) in [6.45, 7) is 12.8. The summed E-state index contributed by atoms with van der Waals surface area (Å²) in [6, 6.07) is 0. The molecule has 5 rings (SSSR count). The van der Waals surface area contributed by atoms with Gasteiger partial charge in [-0.05, 0) is 123 Å². The fourth-order valence-electron chi connectivity index (χ4n) is 9.97. The molecule has 5 heteroatoms. The first kappa shape index (κ1) is 23.8. The third-order valence-corrected chi connectivity index (χ3v) is 11.5. The zero-order valence-corrected chi connectivity index (χ0v) is 21.9. The maximum absolute atomic E-state index is 11.3. The van der Waals surface area contributed by atoms with Crippen LogP contribution in [0.3, 0.4) is 0 Å². The molecule has 1 N–H and O–H groups in total. The van der Waals surface area contributed by atoms with Crippen molar-refractivity contribution >= 4 is 0 Å². The van der Waals surface area contributed by atoms with E-state index in [-0.39, 0.29) is 5.60 Å². The van der Waals surface area contributed by atoms with Crippen LogP contribution in [0, 0.1) is 53.3 Å². The summed E-state index contributed by atoms with van der Waals surface area (Å²) in [7, 11) is 0. The second kappa shape index (κ2) is 8.60. The first-order chi connectivity index (χ1) is 15.7. The minimum Gasteiger partial charge on any atom is -0.390 e. The zero-order valence-electron chi connectivity index (χ0n) is 21.9. The van der Waals surface area contributed by atoms with Gasteiger partial charge >= 0.3 is 0 Å². The van der Waals surface area contributed by atoms with Gasteiger partial charge in [0.1, 0.15) is 0 Å². The second-order valence-corrected chi connectivity index (χ2v) is 13.3.